The predicted molar refractivity (Wildman–Crippen MR) is 140 cm³/mol. The Balaban J connectivity index is 1.14. The summed E-state index contributed by atoms with van der Waals surface area (Å²) in [5.41, 5.74) is 6.01. The number of aliphatic hydroxyl groups is 1. The number of fused-ring (bicyclic) bond motifs is 5. The van der Waals surface area contributed by atoms with Crippen molar-refractivity contribution in [2.75, 3.05) is 0 Å². The lowest BCUT2D eigenvalue weighted by Crippen LogP contribution is -2.41. The van der Waals surface area contributed by atoms with Crippen molar-refractivity contribution in [3.8, 4) is 0 Å². The van der Waals surface area contributed by atoms with Crippen molar-refractivity contribution in [3.63, 3.8) is 0 Å². The Hall–Kier alpha value is -2.33. The smallest absolute Gasteiger partial charge is 0.162 e. The van der Waals surface area contributed by atoms with Gasteiger partial charge in [0.25, 0.3) is 0 Å². The molecule has 0 saturated heterocycles. The van der Waals surface area contributed by atoms with E-state index in [1.807, 2.05) is 6.20 Å². The van der Waals surface area contributed by atoms with E-state index >= 15 is 0 Å². The van der Waals surface area contributed by atoms with Crippen LogP contribution in [0.15, 0.2) is 42.7 Å². The highest BCUT2D eigenvalue weighted by Gasteiger charge is 2.52. The van der Waals surface area contributed by atoms with Gasteiger partial charge >= 0.3 is 0 Å². The fourth-order valence-corrected chi connectivity index (χ4v) is 8.35. The molecule has 3 nitrogen and oxygen atoms in total. The van der Waals surface area contributed by atoms with E-state index in [2.05, 4.69) is 36.2 Å². The molecule has 4 heteroatoms. The summed E-state index contributed by atoms with van der Waals surface area (Å²) in [6.45, 7) is 2.39. The number of halogens is 1. The number of aromatic nitrogens is 1. The molecule has 0 radical (unpaired) electrons. The van der Waals surface area contributed by atoms with Crippen LogP contribution < -0.4 is 0 Å². The lowest BCUT2D eigenvalue weighted by atomic mass is 9.54. The predicted octanol–water partition coefficient (Wildman–Crippen LogP) is 7.28. The molecule has 0 amide bonds. The van der Waals surface area contributed by atoms with Crippen LogP contribution in [0.5, 0.6) is 0 Å². The van der Waals surface area contributed by atoms with Crippen molar-refractivity contribution < 1.29 is 14.3 Å². The van der Waals surface area contributed by atoms with Crippen LogP contribution in [0.2, 0.25) is 0 Å². The lowest BCUT2D eigenvalue weighted by Gasteiger charge is -2.50. The highest BCUT2D eigenvalue weighted by atomic mass is 19.1. The van der Waals surface area contributed by atoms with Crippen molar-refractivity contribution >= 4 is 11.4 Å². The maximum absolute atomic E-state index is 13.9. The first kappa shape index (κ1) is 24.0. The average molecular weight is 488 g/mol. The van der Waals surface area contributed by atoms with Gasteiger partial charge in [-0.05, 0) is 121 Å². The summed E-state index contributed by atoms with van der Waals surface area (Å²) in [6, 6.07) is 8.15. The van der Waals surface area contributed by atoms with E-state index in [4.69, 9.17) is 0 Å². The zero-order valence-corrected chi connectivity index (χ0v) is 21.4. The van der Waals surface area contributed by atoms with Gasteiger partial charge in [-0.25, -0.2) is 4.39 Å². The van der Waals surface area contributed by atoms with Gasteiger partial charge in [-0.1, -0.05) is 31.6 Å². The number of ketones is 1. The molecule has 6 atom stereocenters. The third kappa shape index (κ3) is 4.16. The average Bonchev–Trinajstić information content (AvgIpc) is 3.45. The summed E-state index contributed by atoms with van der Waals surface area (Å²) >= 11 is 0. The Labute approximate surface area is 214 Å². The topological polar surface area (TPSA) is 50.2 Å². The molecule has 1 aromatic carbocycles. The second-order valence-corrected chi connectivity index (χ2v) is 12.1. The molecule has 4 aliphatic rings. The summed E-state index contributed by atoms with van der Waals surface area (Å²) in [5, 5.41) is 10.0. The van der Waals surface area contributed by atoms with Crippen LogP contribution in [0.4, 0.5) is 4.39 Å². The number of nitrogens with zero attached hydrogens (tertiary/aromatic N) is 1. The van der Waals surface area contributed by atoms with Crippen molar-refractivity contribution in [1.82, 2.24) is 4.98 Å². The number of Topliss-reactive ketones (excluding diaryl/α,β-unsaturated/α-hetero) is 1. The number of aryl methyl sites for hydroxylation is 1. The van der Waals surface area contributed by atoms with E-state index in [9.17, 15) is 14.3 Å². The van der Waals surface area contributed by atoms with Gasteiger partial charge in [0.05, 0.1) is 12.3 Å². The molecule has 36 heavy (non-hydrogen) atoms. The number of carbonyl (C=O) groups is 1. The van der Waals surface area contributed by atoms with Gasteiger partial charge in [0.15, 0.2) is 5.78 Å². The van der Waals surface area contributed by atoms with Gasteiger partial charge in [-0.3, -0.25) is 9.78 Å². The van der Waals surface area contributed by atoms with Gasteiger partial charge in [0.2, 0.25) is 0 Å². The lowest BCUT2D eigenvalue weighted by molar-refractivity contribution is 0.0884. The quantitative estimate of drug-likeness (QED) is 0.436. The monoisotopic (exact) mass is 487 g/mol. The number of pyridine rings is 1. The van der Waals surface area contributed by atoms with Crippen LogP contribution in [0.3, 0.4) is 0 Å². The largest absolute Gasteiger partial charge is 0.393 e. The highest BCUT2D eigenvalue weighted by Crippen LogP contribution is 2.63. The maximum atomic E-state index is 13.9. The molecule has 0 unspecified atom stereocenters. The Morgan fingerprint density at radius 2 is 2.06 bits per heavy atom. The molecule has 1 heterocycles. The zero-order valence-electron chi connectivity index (χ0n) is 21.4. The third-order valence-corrected chi connectivity index (χ3v) is 10.2. The summed E-state index contributed by atoms with van der Waals surface area (Å²) in [7, 11) is 0. The highest BCUT2D eigenvalue weighted by molar-refractivity contribution is 5.96. The Bertz CT molecular complexity index is 1190. The minimum atomic E-state index is -0.262. The Morgan fingerprint density at radius 1 is 1.17 bits per heavy atom. The molecule has 0 bridgehead atoms. The number of hydrogen-bond acceptors (Lipinski definition) is 3. The van der Waals surface area contributed by atoms with E-state index < -0.39 is 0 Å². The minimum Gasteiger partial charge on any atom is -0.393 e. The summed E-state index contributed by atoms with van der Waals surface area (Å²) in [5.74, 6) is 2.14. The van der Waals surface area contributed by atoms with Gasteiger partial charge < -0.3 is 5.11 Å². The van der Waals surface area contributed by atoms with Gasteiger partial charge in [-0.2, -0.15) is 0 Å². The molecular weight excluding hydrogens is 449 g/mol. The molecule has 190 valence electrons. The first-order chi connectivity index (χ1) is 17.4. The molecule has 4 aliphatic carbocycles. The fourth-order valence-electron chi connectivity index (χ4n) is 8.35. The number of carbonyl (C=O) groups excluding carboxylic acids is 1. The molecule has 0 aliphatic heterocycles. The van der Waals surface area contributed by atoms with Crippen LogP contribution in [-0.4, -0.2) is 22.0 Å². The molecular formula is C32H38FNO2. The Kier molecular flexibility index (Phi) is 6.35. The molecule has 0 spiro atoms. The van der Waals surface area contributed by atoms with Gasteiger partial charge in [-0.15, -0.1) is 0 Å². The standard InChI is InChI=1S/C32H38FNO2/c1-32-15-14-26-25-10-9-22(31(36)7-3-5-20-4-2-6-30(20)35)16-21(25)8-11-27(26)29(32)13-12-28(32)23-17-24(33)19-34-18-23/h9-10,12,16-20,26-27,29-30,35H,2-8,11,13-15H2,1H3/t20-,26-,27-,29+,30+,32-/m1/s1. The SMILES string of the molecule is C[C@]12CC[C@@H]3c4ccc(C(=O)CCC[C@H]5CCC[C@@H]5O)cc4CC[C@H]3[C@@H]1CC=C2c1cncc(F)c1. The van der Waals surface area contributed by atoms with E-state index in [0.29, 0.717) is 30.1 Å². The number of benzene rings is 1. The number of aliphatic hydroxyl groups excluding tert-OH is 1. The van der Waals surface area contributed by atoms with Crippen LogP contribution in [0.1, 0.15) is 104 Å². The summed E-state index contributed by atoms with van der Waals surface area (Å²) < 4.78 is 13.9. The zero-order chi connectivity index (χ0) is 24.9. The second kappa shape index (κ2) is 9.52. The fraction of sp³-hybridized carbons (Fsp3) is 0.562. The van der Waals surface area contributed by atoms with E-state index in [0.717, 1.165) is 75.3 Å². The van der Waals surface area contributed by atoms with Crippen LogP contribution in [0, 0.1) is 29.0 Å². The first-order valence-corrected chi connectivity index (χ1v) is 14.1. The van der Waals surface area contributed by atoms with E-state index in [1.54, 1.807) is 6.07 Å². The molecule has 1 aromatic heterocycles. The first-order valence-electron chi connectivity index (χ1n) is 14.1. The maximum Gasteiger partial charge on any atom is 0.162 e. The minimum absolute atomic E-state index is 0.0803. The summed E-state index contributed by atoms with van der Waals surface area (Å²) in [6.07, 6.45) is 16.4. The number of rotatable bonds is 6. The number of allylic oxidation sites excluding steroid dienone is 2. The van der Waals surface area contributed by atoms with Crippen molar-refractivity contribution in [2.45, 2.75) is 89.6 Å². The molecule has 6 rings (SSSR count). The van der Waals surface area contributed by atoms with Gasteiger partial charge in [0, 0.05) is 18.2 Å². The molecule has 1 N–H and O–H groups in total. The molecule has 2 saturated carbocycles. The van der Waals surface area contributed by atoms with Gasteiger partial charge in [0.1, 0.15) is 5.82 Å². The van der Waals surface area contributed by atoms with Crippen molar-refractivity contribution in [1.29, 1.82) is 0 Å². The second-order valence-electron chi connectivity index (χ2n) is 12.1. The number of hydrogen-bond donors (Lipinski definition) is 1. The third-order valence-electron chi connectivity index (χ3n) is 10.2. The van der Waals surface area contributed by atoms with Crippen molar-refractivity contribution in [2.24, 2.45) is 23.2 Å². The summed E-state index contributed by atoms with van der Waals surface area (Å²) in [4.78, 5) is 17.1. The normalized spacial score (nSPS) is 33.0. The Morgan fingerprint density at radius 3 is 2.86 bits per heavy atom. The van der Waals surface area contributed by atoms with Crippen LogP contribution in [-0.2, 0) is 6.42 Å². The van der Waals surface area contributed by atoms with Crippen LogP contribution >= 0.6 is 0 Å². The van der Waals surface area contributed by atoms with Crippen LogP contribution in [0.25, 0.3) is 5.57 Å². The molecule has 2 fully saturated rings. The van der Waals surface area contributed by atoms with E-state index in [1.165, 1.54) is 22.9 Å². The van der Waals surface area contributed by atoms with Crippen molar-refractivity contribution in [3.05, 3.63) is 70.8 Å². The molecule has 2 aromatic rings. The van der Waals surface area contributed by atoms with E-state index in [-0.39, 0.29) is 23.1 Å².